The van der Waals surface area contributed by atoms with Crippen LogP contribution in [0, 0.1) is 6.92 Å². The van der Waals surface area contributed by atoms with Crippen molar-refractivity contribution in [3.8, 4) is 0 Å². The van der Waals surface area contributed by atoms with Gasteiger partial charge in [0.05, 0.1) is 6.54 Å². The number of hydrogen-bond acceptors (Lipinski definition) is 6. The highest BCUT2D eigenvalue weighted by Crippen LogP contribution is 2.28. The predicted molar refractivity (Wildman–Crippen MR) is 172 cm³/mol. The molecule has 2 aromatic carbocycles. The number of hydrogen-bond donors (Lipinski definition) is 2. The number of carbonyl (C=O) groups is 2. The highest BCUT2D eigenvalue weighted by Gasteiger charge is 2.26. The normalized spacial score (nSPS) is 15.9. The maximum Gasteiger partial charge on any atom is 0.253 e. The van der Waals surface area contributed by atoms with Crippen LogP contribution in [0.1, 0.15) is 60.2 Å². The lowest BCUT2D eigenvalue weighted by Crippen LogP contribution is -2.46. The standard InChI is InChI=1S/C34H44N6O2/c1-5-18-38(6-2)32-15-19-39(20-16-32)34(42)27-9-11-30(12-10-27)37-31-13-14-33(40(24-31)21-17-35-4)28-8-7-26(3)29(22-28)23-36-25-41/h7-14,17,21-22,25,32,37H,4-6,15-16,18-20,23-24H2,1-3H3,(H,36,41)/b21-17-. The molecule has 0 bridgehead atoms. The summed E-state index contributed by atoms with van der Waals surface area (Å²) in [4.78, 5) is 34.6. The highest BCUT2D eigenvalue weighted by molar-refractivity contribution is 5.94. The van der Waals surface area contributed by atoms with Crippen LogP contribution in [0.3, 0.4) is 0 Å². The Kier molecular flexibility index (Phi) is 11.1. The number of piperidine rings is 1. The van der Waals surface area contributed by atoms with Gasteiger partial charge in [0.1, 0.15) is 0 Å². The summed E-state index contributed by atoms with van der Waals surface area (Å²) >= 11 is 0. The van der Waals surface area contributed by atoms with Crippen LogP contribution in [0.2, 0.25) is 0 Å². The minimum absolute atomic E-state index is 0.108. The number of nitrogens with zero attached hydrogens (tertiary/aromatic N) is 4. The Hall–Kier alpha value is -4.17. The van der Waals surface area contributed by atoms with Gasteiger partial charge in [-0.1, -0.05) is 26.0 Å². The third-order valence-corrected chi connectivity index (χ3v) is 8.09. The Bertz CT molecular complexity index is 1320. The van der Waals surface area contributed by atoms with Crippen LogP contribution in [-0.2, 0) is 11.3 Å². The molecule has 0 radical (unpaired) electrons. The van der Waals surface area contributed by atoms with E-state index in [0.717, 1.165) is 91.2 Å². The topological polar surface area (TPSA) is 80.3 Å². The fourth-order valence-corrected chi connectivity index (χ4v) is 5.76. The average Bonchev–Trinajstić information content (AvgIpc) is 3.02. The van der Waals surface area contributed by atoms with Gasteiger partial charge in [0.2, 0.25) is 6.41 Å². The van der Waals surface area contributed by atoms with Gasteiger partial charge in [0.25, 0.3) is 5.91 Å². The second kappa shape index (κ2) is 15.2. The summed E-state index contributed by atoms with van der Waals surface area (Å²) < 4.78 is 0. The summed E-state index contributed by atoms with van der Waals surface area (Å²) in [6.45, 7) is 15.0. The van der Waals surface area contributed by atoms with Gasteiger partial charge in [-0.3, -0.25) is 14.6 Å². The molecule has 0 saturated carbocycles. The van der Waals surface area contributed by atoms with Crippen LogP contribution in [0.4, 0.5) is 5.69 Å². The lowest BCUT2D eigenvalue weighted by atomic mass is 10.0. The van der Waals surface area contributed by atoms with Crippen molar-refractivity contribution in [3.63, 3.8) is 0 Å². The van der Waals surface area contributed by atoms with Crippen LogP contribution < -0.4 is 10.6 Å². The Morgan fingerprint density at radius 3 is 2.55 bits per heavy atom. The summed E-state index contributed by atoms with van der Waals surface area (Å²) in [5, 5.41) is 6.26. The first-order valence-corrected chi connectivity index (χ1v) is 14.9. The van der Waals surface area contributed by atoms with Crippen molar-refractivity contribution >= 4 is 30.4 Å². The Morgan fingerprint density at radius 2 is 1.88 bits per heavy atom. The van der Waals surface area contributed by atoms with Gasteiger partial charge in [-0.15, -0.1) is 0 Å². The zero-order valence-corrected chi connectivity index (χ0v) is 25.2. The molecule has 0 atom stereocenters. The number of benzene rings is 2. The zero-order chi connectivity index (χ0) is 29.9. The molecular formula is C34H44N6O2. The summed E-state index contributed by atoms with van der Waals surface area (Å²) in [6.07, 6.45) is 11.7. The van der Waals surface area contributed by atoms with E-state index < -0.39 is 0 Å². The predicted octanol–water partition coefficient (Wildman–Crippen LogP) is 5.40. The zero-order valence-electron chi connectivity index (χ0n) is 25.2. The van der Waals surface area contributed by atoms with E-state index in [2.05, 4.69) is 76.3 Å². The van der Waals surface area contributed by atoms with Crippen molar-refractivity contribution in [2.45, 2.75) is 52.6 Å². The molecule has 2 aromatic rings. The molecule has 0 aromatic heterocycles. The Balaban J connectivity index is 1.42. The van der Waals surface area contributed by atoms with Gasteiger partial charge < -0.3 is 25.3 Å². The molecule has 4 rings (SSSR count). The number of amides is 2. The molecular weight excluding hydrogens is 524 g/mol. The fraction of sp³-hybridized carbons (Fsp3) is 0.382. The second-order valence-electron chi connectivity index (χ2n) is 10.8. The molecule has 1 fully saturated rings. The molecule has 2 amide bonds. The van der Waals surface area contributed by atoms with E-state index in [4.69, 9.17) is 0 Å². The first-order valence-electron chi connectivity index (χ1n) is 14.9. The molecule has 0 spiro atoms. The number of allylic oxidation sites excluding steroid dienone is 2. The summed E-state index contributed by atoms with van der Waals surface area (Å²) in [6, 6.07) is 14.6. The van der Waals surface area contributed by atoms with Gasteiger partial charge >= 0.3 is 0 Å². The Labute approximate surface area is 250 Å². The number of aliphatic imine (C=N–C) groups is 1. The van der Waals surface area contributed by atoms with Crippen LogP contribution in [0.5, 0.6) is 0 Å². The van der Waals surface area contributed by atoms with E-state index in [9.17, 15) is 9.59 Å². The SMILES string of the molecule is C=N/C=C\N1CC(Nc2ccc(C(=O)N3CCC(N(CC)CCC)CC3)cc2)=CC=C1c1ccc(C)c(CNC=O)c1. The van der Waals surface area contributed by atoms with E-state index in [0.29, 0.717) is 19.1 Å². The molecule has 2 aliphatic rings. The molecule has 8 heteroatoms. The number of rotatable bonds is 13. The molecule has 0 unspecified atom stereocenters. The third-order valence-electron chi connectivity index (χ3n) is 8.09. The van der Waals surface area contributed by atoms with Crippen LogP contribution >= 0.6 is 0 Å². The highest BCUT2D eigenvalue weighted by atomic mass is 16.2. The molecule has 2 aliphatic heterocycles. The van der Waals surface area contributed by atoms with Crippen molar-refractivity contribution in [1.29, 1.82) is 0 Å². The van der Waals surface area contributed by atoms with E-state index >= 15 is 0 Å². The maximum absolute atomic E-state index is 13.2. The van der Waals surface area contributed by atoms with Crippen LogP contribution in [0.15, 0.2) is 77.7 Å². The summed E-state index contributed by atoms with van der Waals surface area (Å²) in [7, 11) is 0. The number of carbonyl (C=O) groups excluding carboxylic acids is 2. The van der Waals surface area contributed by atoms with E-state index in [1.807, 2.05) is 42.3 Å². The molecule has 0 aliphatic carbocycles. The number of aryl methyl sites for hydroxylation is 1. The van der Waals surface area contributed by atoms with Gasteiger partial charge in [0, 0.05) is 60.7 Å². The van der Waals surface area contributed by atoms with E-state index in [1.165, 1.54) is 0 Å². The van der Waals surface area contributed by atoms with Crippen molar-refractivity contribution in [2.24, 2.45) is 4.99 Å². The lowest BCUT2D eigenvalue weighted by molar-refractivity contribution is -0.109. The van der Waals surface area contributed by atoms with Gasteiger partial charge in [-0.2, -0.15) is 0 Å². The number of likely N-dealkylation sites (tertiary alicyclic amines) is 1. The summed E-state index contributed by atoms with van der Waals surface area (Å²) in [5.74, 6) is 0.108. The fourth-order valence-electron chi connectivity index (χ4n) is 5.76. The molecule has 2 N–H and O–H groups in total. The van der Waals surface area contributed by atoms with Crippen LogP contribution in [-0.4, -0.2) is 72.5 Å². The van der Waals surface area contributed by atoms with Crippen LogP contribution in [0.25, 0.3) is 5.70 Å². The molecule has 8 nitrogen and oxygen atoms in total. The molecule has 2 heterocycles. The number of anilines is 1. The minimum atomic E-state index is 0.108. The van der Waals surface area contributed by atoms with Gasteiger partial charge in [0.15, 0.2) is 0 Å². The second-order valence-corrected chi connectivity index (χ2v) is 10.8. The largest absolute Gasteiger partial charge is 0.357 e. The quantitative estimate of drug-likeness (QED) is 0.250. The van der Waals surface area contributed by atoms with Crippen molar-refractivity contribution in [3.05, 3.63) is 95.0 Å². The first-order chi connectivity index (χ1) is 20.5. The maximum atomic E-state index is 13.2. The Morgan fingerprint density at radius 1 is 1.12 bits per heavy atom. The van der Waals surface area contributed by atoms with Gasteiger partial charge in [-0.05, 0) is 105 Å². The third kappa shape index (κ3) is 7.76. The average molecular weight is 569 g/mol. The lowest BCUT2D eigenvalue weighted by Gasteiger charge is -2.38. The van der Waals surface area contributed by atoms with E-state index in [-0.39, 0.29) is 5.91 Å². The van der Waals surface area contributed by atoms with E-state index in [1.54, 1.807) is 6.20 Å². The minimum Gasteiger partial charge on any atom is -0.357 e. The molecule has 222 valence electrons. The summed E-state index contributed by atoms with van der Waals surface area (Å²) in [5.41, 5.74) is 6.92. The molecule has 42 heavy (non-hydrogen) atoms. The molecule has 1 saturated heterocycles. The smallest absolute Gasteiger partial charge is 0.253 e. The monoisotopic (exact) mass is 568 g/mol. The van der Waals surface area contributed by atoms with Gasteiger partial charge in [-0.25, -0.2) is 0 Å². The first kappa shape index (κ1) is 30.8. The van der Waals surface area contributed by atoms with Crippen molar-refractivity contribution in [2.75, 3.05) is 38.0 Å². The van der Waals surface area contributed by atoms with Crippen molar-refractivity contribution in [1.82, 2.24) is 20.0 Å². The van der Waals surface area contributed by atoms with Crippen molar-refractivity contribution < 1.29 is 9.59 Å². The number of nitrogens with one attached hydrogen (secondary N) is 2.